The van der Waals surface area contributed by atoms with E-state index in [1.165, 1.54) is 25.7 Å². The number of nitrogens with zero attached hydrogens (tertiary/aromatic N) is 3. The maximum atomic E-state index is 11.8. The van der Waals surface area contributed by atoms with Crippen LogP contribution in [0.5, 0.6) is 0 Å². The van der Waals surface area contributed by atoms with E-state index >= 15 is 0 Å². The van der Waals surface area contributed by atoms with Crippen LogP contribution in [0.2, 0.25) is 0 Å². The summed E-state index contributed by atoms with van der Waals surface area (Å²) >= 11 is 0. The summed E-state index contributed by atoms with van der Waals surface area (Å²) < 4.78 is 23.8. The largest absolute Gasteiger partial charge is 0.340 e. The van der Waals surface area contributed by atoms with Crippen molar-refractivity contribution < 1.29 is 18.0 Å². The number of rotatable bonds is 3. The van der Waals surface area contributed by atoms with Gasteiger partial charge in [0.05, 0.1) is 5.75 Å². The van der Waals surface area contributed by atoms with Crippen LogP contribution in [0.3, 0.4) is 0 Å². The lowest BCUT2D eigenvalue weighted by atomic mass is 9.74. The van der Waals surface area contributed by atoms with E-state index in [-0.39, 0.29) is 20.4 Å². The summed E-state index contributed by atoms with van der Waals surface area (Å²) in [5.74, 6) is 2.85. The van der Waals surface area contributed by atoms with Crippen molar-refractivity contribution in [2.45, 2.75) is 167 Å². The predicted molar refractivity (Wildman–Crippen MR) is 189 cm³/mol. The van der Waals surface area contributed by atoms with E-state index in [9.17, 15) is 18.0 Å². The highest BCUT2D eigenvalue weighted by atomic mass is 32.2. The highest BCUT2D eigenvalue weighted by molar-refractivity contribution is 7.89. The highest BCUT2D eigenvalue weighted by Gasteiger charge is 2.36. The van der Waals surface area contributed by atoms with Crippen molar-refractivity contribution >= 4 is 30.3 Å². The third kappa shape index (κ3) is 17.3. The van der Waals surface area contributed by atoms with Crippen LogP contribution in [0.1, 0.15) is 149 Å². The molecule has 4 rings (SSSR count). The zero-order valence-electron chi connectivity index (χ0n) is 31.2. The molecule has 4 fully saturated rings. The van der Waals surface area contributed by atoms with Crippen molar-refractivity contribution in [2.24, 2.45) is 17.8 Å². The van der Waals surface area contributed by atoms with Gasteiger partial charge in [-0.2, -0.15) is 4.31 Å². The molecule has 257 valence electrons. The van der Waals surface area contributed by atoms with E-state index < -0.39 is 10.0 Å². The van der Waals surface area contributed by atoms with E-state index in [4.69, 9.17) is 0 Å². The second-order valence-corrected chi connectivity index (χ2v) is 13.4. The normalized spacial score (nSPS) is 23.6. The van der Waals surface area contributed by atoms with Gasteiger partial charge in [-0.15, -0.1) is 0 Å². The lowest BCUT2D eigenvalue weighted by Gasteiger charge is -2.42. The lowest BCUT2D eigenvalue weighted by Crippen LogP contribution is -2.48. The Bertz CT molecular complexity index is 791. The second kappa shape index (κ2) is 27.2. The van der Waals surface area contributed by atoms with Crippen molar-refractivity contribution in [1.82, 2.24) is 14.1 Å². The number of amides is 2. The van der Waals surface area contributed by atoms with Gasteiger partial charge in [-0.05, 0) is 79.1 Å². The Morgan fingerprint density at radius 1 is 0.651 bits per heavy atom. The molecule has 0 aromatic heterocycles. The number of fused-ring (bicyclic) bond motifs is 1. The van der Waals surface area contributed by atoms with Gasteiger partial charge in [0.25, 0.3) is 0 Å². The van der Waals surface area contributed by atoms with Gasteiger partial charge in [-0.1, -0.05) is 75.2 Å². The fraction of sp³-hybridized carbons (Fsp3) is 0.941. The number of carbonyl (C=O) groups is 2. The molecule has 0 aromatic carbocycles. The summed E-state index contributed by atoms with van der Waals surface area (Å²) in [5, 5.41) is 0. The monoisotopic (exact) mass is 631 g/mol. The molecule has 3 radical (unpaired) electrons. The molecule has 4 aliphatic rings. The Morgan fingerprint density at radius 2 is 1.12 bits per heavy atom. The molecule has 9 heteroatoms. The first kappa shape index (κ1) is 48.8. The highest BCUT2D eigenvalue weighted by Crippen LogP contribution is 2.37. The maximum absolute atomic E-state index is 11.8. The third-order valence-electron chi connectivity index (χ3n) is 7.72. The van der Waals surface area contributed by atoms with Crippen molar-refractivity contribution in [3.05, 3.63) is 0 Å². The van der Waals surface area contributed by atoms with Crippen LogP contribution < -0.4 is 0 Å². The zero-order chi connectivity index (χ0) is 33.6. The van der Waals surface area contributed by atoms with Crippen molar-refractivity contribution in [2.75, 3.05) is 25.4 Å². The Hall–Kier alpha value is -1.09. The van der Waals surface area contributed by atoms with Crippen LogP contribution in [-0.2, 0) is 19.6 Å². The third-order valence-corrected chi connectivity index (χ3v) is 9.85. The van der Waals surface area contributed by atoms with Gasteiger partial charge in [0, 0.05) is 58.5 Å². The van der Waals surface area contributed by atoms with Gasteiger partial charge in [-0.3, -0.25) is 9.59 Å². The maximum Gasteiger partial charge on any atom is 0.225 e. The number of sulfonamides is 1. The molecule has 1 aliphatic carbocycles. The molecule has 0 N–H and O–H groups in total. The molecule has 0 spiro atoms. The topological polar surface area (TPSA) is 78.0 Å². The Labute approximate surface area is 271 Å². The number of piperidine rings is 1. The van der Waals surface area contributed by atoms with E-state index in [1.54, 1.807) is 4.31 Å². The molecule has 2 amide bonds. The Morgan fingerprint density at radius 3 is 1.42 bits per heavy atom. The fourth-order valence-corrected chi connectivity index (χ4v) is 7.37. The average molecular weight is 631 g/mol. The van der Waals surface area contributed by atoms with Crippen LogP contribution in [0.25, 0.3) is 0 Å². The van der Waals surface area contributed by atoms with Gasteiger partial charge < -0.3 is 9.80 Å². The Balaban J connectivity index is -0.000000238. The summed E-state index contributed by atoms with van der Waals surface area (Å²) in [6.45, 7) is 32.9. The van der Waals surface area contributed by atoms with Crippen LogP contribution >= 0.6 is 0 Å². The molecule has 7 nitrogen and oxygen atoms in total. The molecule has 43 heavy (non-hydrogen) atoms. The van der Waals surface area contributed by atoms with Crippen molar-refractivity contribution in [3.8, 4) is 0 Å². The molecule has 0 bridgehead atoms. The molecule has 3 saturated heterocycles. The molecule has 3 aliphatic heterocycles. The molecule has 3 unspecified atom stereocenters. The SMILES string of the molecule is CC.CC.CC.CC.CC(C)N1CC2CCCCC2CC1=O.CC(C)N1CCCS1(=O)=O.CC1CCN(C(C)C)C1=O.[B]. The van der Waals surface area contributed by atoms with Gasteiger partial charge in [-0.25, -0.2) is 8.42 Å². The molecule has 0 aromatic rings. The van der Waals surface area contributed by atoms with Crippen LogP contribution in [0.15, 0.2) is 0 Å². The predicted octanol–water partition coefficient (Wildman–Crippen LogP) is 7.85. The first-order chi connectivity index (χ1) is 19.8. The lowest BCUT2D eigenvalue weighted by molar-refractivity contribution is -0.140. The minimum Gasteiger partial charge on any atom is -0.340 e. The van der Waals surface area contributed by atoms with E-state index in [2.05, 4.69) is 32.6 Å². The fourth-order valence-electron chi connectivity index (χ4n) is 5.59. The average Bonchev–Trinajstić information content (AvgIpc) is 3.53. The van der Waals surface area contributed by atoms with E-state index in [0.717, 1.165) is 38.3 Å². The number of hydrogen-bond donors (Lipinski definition) is 0. The van der Waals surface area contributed by atoms with E-state index in [1.807, 2.05) is 81.1 Å². The van der Waals surface area contributed by atoms with Gasteiger partial charge >= 0.3 is 0 Å². The Kier molecular flexibility index (Phi) is 30.9. The summed E-state index contributed by atoms with van der Waals surface area (Å²) in [7, 11) is -2.85. The molecular formula is C34H73BN3O4S. The van der Waals surface area contributed by atoms with Crippen LogP contribution in [0, 0.1) is 17.8 Å². The van der Waals surface area contributed by atoms with Crippen LogP contribution in [-0.4, -0.2) is 86.3 Å². The minimum absolute atomic E-state index is 0. The summed E-state index contributed by atoms with van der Waals surface area (Å²) in [5.41, 5.74) is 0. The van der Waals surface area contributed by atoms with Crippen LogP contribution in [0.4, 0.5) is 0 Å². The van der Waals surface area contributed by atoms with Gasteiger partial charge in [0.1, 0.15) is 0 Å². The summed E-state index contributed by atoms with van der Waals surface area (Å²) in [4.78, 5) is 27.1. The number of likely N-dealkylation sites (tertiary alicyclic amines) is 2. The first-order valence-corrected chi connectivity index (χ1v) is 19.1. The zero-order valence-corrected chi connectivity index (χ0v) is 32.0. The molecular weight excluding hydrogens is 557 g/mol. The second-order valence-electron chi connectivity index (χ2n) is 11.3. The number of hydrogen-bond acceptors (Lipinski definition) is 4. The first-order valence-electron chi connectivity index (χ1n) is 17.4. The minimum atomic E-state index is -2.85. The standard InChI is InChI=1S/C12H21NO.C8H15NO.C6H13NO2S.4C2H6.B/c1-9(2)13-8-11-6-4-3-5-10(11)7-12(13)14;1-6(2)9-5-4-7(3)8(9)10;1-6(2)7-4-3-5-10(7,8)9;4*1-2;/h9-11H,3-8H2,1-2H3;6-7H,4-5H2,1-3H3;6H,3-5H2,1-2H3;4*1-2H3;. The quantitative estimate of drug-likeness (QED) is 0.298. The summed E-state index contributed by atoms with van der Waals surface area (Å²) in [6, 6.07) is 0.912. The van der Waals surface area contributed by atoms with Crippen molar-refractivity contribution in [1.29, 1.82) is 0 Å². The summed E-state index contributed by atoms with van der Waals surface area (Å²) in [6.07, 6.45) is 8.02. The smallest absolute Gasteiger partial charge is 0.225 e. The van der Waals surface area contributed by atoms with Gasteiger partial charge in [0.2, 0.25) is 21.8 Å². The van der Waals surface area contributed by atoms with Gasteiger partial charge in [0.15, 0.2) is 0 Å². The molecule has 1 saturated carbocycles. The molecule has 3 atom stereocenters. The molecule has 3 heterocycles. The number of carbonyl (C=O) groups excluding carboxylic acids is 2. The van der Waals surface area contributed by atoms with E-state index in [0.29, 0.717) is 42.1 Å². The van der Waals surface area contributed by atoms with Crippen molar-refractivity contribution in [3.63, 3.8) is 0 Å².